The summed E-state index contributed by atoms with van der Waals surface area (Å²) in [5, 5.41) is 2.90. The second-order valence-corrected chi connectivity index (χ2v) is 6.65. The molecule has 0 aliphatic carbocycles. The van der Waals surface area contributed by atoms with Crippen LogP contribution in [0.3, 0.4) is 0 Å². The average Bonchev–Trinajstić information content (AvgIpc) is 2.31. The first kappa shape index (κ1) is 15.8. The monoisotopic (exact) mass is 440 g/mol. The average molecular weight is 441 g/mol. The molecular formula is C12H14BrIN2OS. The summed E-state index contributed by atoms with van der Waals surface area (Å²) in [4.78, 5) is 12.5. The number of halogens is 2. The Bertz CT molecular complexity index is 495. The maximum absolute atomic E-state index is 12.2. The normalized spacial score (nSPS) is 13.8. The van der Waals surface area contributed by atoms with Crippen LogP contribution in [0.5, 0.6) is 0 Å². The van der Waals surface area contributed by atoms with E-state index in [2.05, 4.69) is 43.8 Å². The molecule has 0 saturated heterocycles. The molecule has 0 radical (unpaired) electrons. The van der Waals surface area contributed by atoms with Crippen molar-refractivity contribution in [3.63, 3.8) is 0 Å². The lowest BCUT2D eigenvalue weighted by Crippen LogP contribution is -2.54. The summed E-state index contributed by atoms with van der Waals surface area (Å²) in [6, 6.07) is 5.56. The zero-order valence-corrected chi connectivity index (χ0v) is 14.6. The molecule has 1 rings (SSSR count). The fourth-order valence-electron chi connectivity index (χ4n) is 1.31. The van der Waals surface area contributed by atoms with E-state index >= 15 is 0 Å². The summed E-state index contributed by atoms with van der Waals surface area (Å²) in [5.41, 5.74) is 5.64. The summed E-state index contributed by atoms with van der Waals surface area (Å²) in [6.07, 6.45) is 0.651. The quantitative estimate of drug-likeness (QED) is 0.558. The van der Waals surface area contributed by atoms with Gasteiger partial charge in [-0.25, -0.2) is 0 Å². The Labute approximate surface area is 134 Å². The third kappa shape index (κ3) is 3.64. The number of rotatable bonds is 4. The summed E-state index contributed by atoms with van der Waals surface area (Å²) < 4.78 is 1.75. The highest BCUT2D eigenvalue weighted by molar-refractivity contribution is 14.1. The largest absolute Gasteiger partial charge is 0.391 e. The molecule has 1 unspecified atom stereocenters. The number of benzene rings is 1. The molecular weight excluding hydrogens is 427 g/mol. The zero-order valence-electron chi connectivity index (χ0n) is 10.1. The Hall–Kier alpha value is -0.210. The van der Waals surface area contributed by atoms with E-state index in [-0.39, 0.29) is 5.91 Å². The number of carbonyl (C=O) groups excluding carboxylic acids is 1. The van der Waals surface area contributed by atoms with Gasteiger partial charge in [0.15, 0.2) is 0 Å². The molecule has 18 heavy (non-hydrogen) atoms. The lowest BCUT2D eigenvalue weighted by Gasteiger charge is -2.28. The van der Waals surface area contributed by atoms with Crippen LogP contribution in [0.4, 0.5) is 0 Å². The van der Waals surface area contributed by atoms with Gasteiger partial charge in [-0.3, -0.25) is 4.79 Å². The number of hydrogen-bond acceptors (Lipinski definition) is 2. The molecule has 0 aliphatic heterocycles. The van der Waals surface area contributed by atoms with Gasteiger partial charge in [0.2, 0.25) is 0 Å². The first-order valence-corrected chi connectivity index (χ1v) is 7.65. The second-order valence-electron chi connectivity index (χ2n) is 4.13. The van der Waals surface area contributed by atoms with Gasteiger partial charge in [-0.1, -0.05) is 35.1 Å². The molecule has 98 valence electrons. The maximum atomic E-state index is 12.2. The van der Waals surface area contributed by atoms with Gasteiger partial charge in [-0.05, 0) is 54.1 Å². The molecule has 1 atom stereocenters. The van der Waals surface area contributed by atoms with Crippen molar-refractivity contribution >= 4 is 61.6 Å². The van der Waals surface area contributed by atoms with Crippen molar-refractivity contribution in [1.29, 1.82) is 0 Å². The van der Waals surface area contributed by atoms with Crippen LogP contribution in [0.2, 0.25) is 0 Å². The predicted molar refractivity (Wildman–Crippen MR) is 89.8 cm³/mol. The molecule has 1 aromatic rings. The zero-order chi connectivity index (χ0) is 13.9. The standard InChI is InChI=1S/C12H14BrIN2OS/c1-3-12(2,11(15)18)16-10(17)8-6-7(13)4-5-9(8)14/h4-6H,3H2,1-2H3,(H2,15,18)(H,16,17). The number of hydrogen-bond donors (Lipinski definition) is 2. The van der Waals surface area contributed by atoms with Crippen molar-refractivity contribution < 1.29 is 4.79 Å². The van der Waals surface area contributed by atoms with Gasteiger partial charge in [0, 0.05) is 8.04 Å². The van der Waals surface area contributed by atoms with Crippen molar-refractivity contribution in [3.05, 3.63) is 31.8 Å². The first-order chi connectivity index (χ1) is 8.30. The van der Waals surface area contributed by atoms with Gasteiger partial charge >= 0.3 is 0 Å². The molecule has 0 fully saturated rings. The maximum Gasteiger partial charge on any atom is 0.253 e. The van der Waals surface area contributed by atoms with Crippen LogP contribution in [0.1, 0.15) is 30.6 Å². The molecule has 0 heterocycles. The first-order valence-electron chi connectivity index (χ1n) is 5.37. The van der Waals surface area contributed by atoms with E-state index in [1.165, 1.54) is 0 Å². The van der Waals surface area contributed by atoms with Crippen molar-refractivity contribution in [2.75, 3.05) is 0 Å². The van der Waals surface area contributed by atoms with Crippen molar-refractivity contribution in [2.45, 2.75) is 25.8 Å². The van der Waals surface area contributed by atoms with E-state index in [4.69, 9.17) is 18.0 Å². The van der Waals surface area contributed by atoms with Crippen molar-refractivity contribution in [1.82, 2.24) is 5.32 Å². The van der Waals surface area contributed by atoms with Gasteiger partial charge in [-0.2, -0.15) is 0 Å². The molecule has 0 saturated carbocycles. The van der Waals surface area contributed by atoms with Gasteiger partial charge in [0.25, 0.3) is 5.91 Å². The molecule has 3 N–H and O–H groups in total. The van der Waals surface area contributed by atoms with Crippen LogP contribution in [-0.2, 0) is 0 Å². The summed E-state index contributed by atoms with van der Waals surface area (Å²) in [5.74, 6) is -0.169. The van der Waals surface area contributed by atoms with Gasteiger partial charge in [-0.15, -0.1) is 0 Å². The third-order valence-corrected chi connectivity index (χ3v) is 4.70. The van der Waals surface area contributed by atoms with Gasteiger partial charge < -0.3 is 11.1 Å². The highest BCUT2D eigenvalue weighted by Crippen LogP contribution is 2.20. The van der Waals surface area contributed by atoms with E-state index in [1.807, 2.05) is 26.0 Å². The SMILES string of the molecule is CCC(C)(NC(=O)c1cc(Br)ccc1I)C(N)=S. The number of nitrogens with two attached hydrogens (primary N) is 1. The second kappa shape index (κ2) is 6.29. The minimum absolute atomic E-state index is 0.169. The minimum atomic E-state index is -0.655. The molecule has 0 spiro atoms. The summed E-state index contributed by atoms with van der Waals surface area (Å²) in [6.45, 7) is 3.77. The van der Waals surface area contributed by atoms with E-state index in [9.17, 15) is 4.79 Å². The van der Waals surface area contributed by atoms with Crippen molar-refractivity contribution in [2.24, 2.45) is 5.73 Å². The van der Waals surface area contributed by atoms with E-state index < -0.39 is 5.54 Å². The molecule has 0 aliphatic rings. The lowest BCUT2D eigenvalue weighted by molar-refractivity contribution is 0.0925. The Morgan fingerprint density at radius 2 is 2.22 bits per heavy atom. The Balaban J connectivity index is 3.02. The van der Waals surface area contributed by atoms with E-state index in [0.717, 1.165) is 8.04 Å². The topological polar surface area (TPSA) is 55.1 Å². The van der Waals surface area contributed by atoms with Crippen LogP contribution in [0, 0.1) is 3.57 Å². The Morgan fingerprint density at radius 3 is 2.72 bits per heavy atom. The summed E-state index contributed by atoms with van der Waals surface area (Å²) in [7, 11) is 0. The van der Waals surface area contributed by atoms with Crippen LogP contribution < -0.4 is 11.1 Å². The molecule has 6 heteroatoms. The number of amides is 1. The van der Waals surface area contributed by atoms with E-state index in [0.29, 0.717) is 17.0 Å². The fraction of sp³-hybridized carbons (Fsp3) is 0.333. The number of thiocarbonyl (C=S) groups is 1. The minimum Gasteiger partial charge on any atom is -0.391 e. The van der Waals surface area contributed by atoms with Crippen LogP contribution in [0.15, 0.2) is 22.7 Å². The Morgan fingerprint density at radius 1 is 1.61 bits per heavy atom. The number of nitrogens with one attached hydrogen (secondary N) is 1. The van der Waals surface area contributed by atoms with Gasteiger partial charge in [0.1, 0.15) is 0 Å². The molecule has 1 amide bonds. The fourth-order valence-corrected chi connectivity index (χ4v) is 2.45. The highest BCUT2D eigenvalue weighted by atomic mass is 127. The van der Waals surface area contributed by atoms with Gasteiger partial charge in [0.05, 0.1) is 16.1 Å². The van der Waals surface area contributed by atoms with Crippen LogP contribution in [0.25, 0.3) is 0 Å². The molecule has 3 nitrogen and oxygen atoms in total. The molecule has 0 aromatic heterocycles. The summed E-state index contributed by atoms with van der Waals surface area (Å²) >= 11 is 10.5. The highest BCUT2D eigenvalue weighted by Gasteiger charge is 2.28. The van der Waals surface area contributed by atoms with Crippen molar-refractivity contribution in [3.8, 4) is 0 Å². The van der Waals surface area contributed by atoms with Crippen LogP contribution in [-0.4, -0.2) is 16.4 Å². The third-order valence-electron chi connectivity index (χ3n) is 2.81. The van der Waals surface area contributed by atoms with Crippen LogP contribution >= 0.6 is 50.7 Å². The molecule has 1 aromatic carbocycles. The smallest absolute Gasteiger partial charge is 0.253 e. The Kier molecular flexibility index (Phi) is 5.54. The molecule has 0 bridgehead atoms. The van der Waals surface area contributed by atoms with E-state index in [1.54, 1.807) is 6.07 Å². The number of carbonyl (C=O) groups is 1. The predicted octanol–water partition coefficient (Wildman–Crippen LogP) is 3.24. The lowest BCUT2D eigenvalue weighted by atomic mass is 9.98.